The third-order valence-electron chi connectivity index (χ3n) is 1.86. The summed E-state index contributed by atoms with van der Waals surface area (Å²) in [5.41, 5.74) is 0.0178. The van der Waals surface area contributed by atoms with Gasteiger partial charge in [0, 0.05) is 12.7 Å². The zero-order chi connectivity index (χ0) is 13.8. The van der Waals surface area contributed by atoms with Crippen molar-refractivity contribution in [2.24, 2.45) is 0 Å². The predicted octanol–water partition coefficient (Wildman–Crippen LogP) is 1.18. The van der Waals surface area contributed by atoms with Crippen LogP contribution in [0.2, 0.25) is 0 Å². The van der Waals surface area contributed by atoms with E-state index in [1.807, 2.05) is 0 Å². The van der Waals surface area contributed by atoms with Crippen molar-refractivity contribution in [1.29, 1.82) is 5.26 Å². The van der Waals surface area contributed by atoms with Gasteiger partial charge in [0.1, 0.15) is 16.7 Å². The molecule has 5 nitrogen and oxygen atoms in total. The van der Waals surface area contributed by atoms with Gasteiger partial charge in [0.2, 0.25) is 10.0 Å². The van der Waals surface area contributed by atoms with E-state index in [1.165, 1.54) is 6.07 Å². The SMILES string of the molecule is N#Cc1ccc(S(=O)(=O)NCCC(F)(F)F)cn1. The van der Waals surface area contributed by atoms with Crippen LogP contribution in [0.1, 0.15) is 12.1 Å². The second-order valence-corrected chi connectivity index (χ2v) is 5.02. The van der Waals surface area contributed by atoms with Crippen LogP contribution in [-0.2, 0) is 10.0 Å². The molecule has 0 unspecified atom stereocenters. The molecule has 0 bridgehead atoms. The second-order valence-electron chi connectivity index (χ2n) is 3.25. The lowest BCUT2D eigenvalue weighted by Crippen LogP contribution is -2.28. The Kier molecular flexibility index (Phi) is 4.26. The van der Waals surface area contributed by atoms with E-state index in [9.17, 15) is 21.6 Å². The molecule has 0 aliphatic rings. The number of nitrogens with zero attached hydrogens (tertiary/aromatic N) is 2. The summed E-state index contributed by atoms with van der Waals surface area (Å²) in [4.78, 5) is 3.23. The average molecular weight is 279 g/mol. The van der Waals surface area contributed by atoms with Crippen LogP contribution in [0.25, 0.3) is 0 Å². The van der Waals surface area contributed by atoms with Crippen LogP contribution in [-0.4, -0.2) is 26.1 Å². The van der Waals surface area contributed by atoms with Crippen molar-refractivity contribution in [2.45, 2.75) is 17.5 Å². The molecule has 0 aliphatic heterocycles. The van der Waals surface area contributed by atoms with Gasteiger partial charge < -0.3 is 0 Å². The zero-order valence-corrected chi connectivity index (χ0v) is 9.72. The smallest absolute Gasteiger partial charge is 0.244 e. The van der Waals surface area contributed by atoms with E-state index in [-0.39, 0.29) is 10.6 Å². The summed E-state index contributed by atoms with van der Waals surface area (Å²) in [6, 6.07) is 3.96. The van der Waals surface area contributed by atoms with Crippen molar-refractivity contribution in [2.75, 3.05) is 6.54 Å². The van der Waals surface area contributed by atoms with Gasteiger partial charge in [0.05, 0.1) is 6.42 Å². The molecular weight excluding hydrogens is 271 g/mol. The summed E-state index contributed by atoms with van der Waals surface area (Å²) in [7, 11) is -4.03. The van der Waals surface area contributed by atoms with Crippen LogP contribution in [0.5, 0.6) is 0 Å². The van der Waals surface area contributed by atoms with E-state index in [2.05, 4.69) is 4.98 Å². The lowest BCUT2D eigenvalue weighted by Gasteiger charge is -2.08. The summed E-state index contributed by atoms with van der Waals surface area (Å²) in [5.74, 6) is 0. The van der Waals surface area contributed by atoms with Gasteiger partial charge >= 0.3 is 6.18 Å². The first kappa shape index (κ1) is 14.4. The molecule has 1 aromatic heterocycles. The minimum absolute atomic E-state index is 0.0178. The predicted molar refractivity (Wildman–Crippen MR) is 54.8 cm³/mol. The maximum absolute atomic E-state index is 11.8. The second kappa shape index (κ2) is 5.32. The first-order chi connectivity index (χ1) is 8.24. The molecule has 98 valence electrons. The Balaban J connectivity index is 2.72. The number of nitrogens with one attached hydrogen (secondary N) is 1. The summed E-state index contributed by atoms with van der Waals surface area (Å²) < 4.78 is 60.4. The summed E-state index contributed by atoms with van der Waals surface area (Å²) in [5, 5.41) is 8.46. The fourth-order valence-corrected chi connectivity index (χ4v) is 1.99. The molecule has 0 aromatic carbocycles. The maximum atomic E-state index is 11.8. The Labute approximate surface area is 101 Å². The van der Waals surface area contributed by atoms with Crippen molar-refractivity contribution in [3.05, 3.63) is 24.0 Å². The van der Waals surface area contributed by atoms with Gasteiger partial charge in [-0.1, -0.05) is 0 Å². The third-order valence-corrected chi connectivity index (χ3v) is 3.31. The van der Waals surface area contributed by atoms with Crippen LogP contribution < -0.4 is 4.72 Å². The highest BCUT2D eigenvalue weighted by Crippen LogP contribution is 2.18. The molecule has 0 fully saturated rings. The Morgan fingerprint density at radius 1 is 1.39 bits per heavy atom. The number of hydrogen-bond acceptors (Lipinski definition) is 4. The molecular formula is C9H8F3N3O2S. The van der Waals surface area contributed by atoms with E-state index in [0.717, 1.165) is 12.3 Å². The molecule has 0 spiro atoms. The lowest BCUT2D eigenvalue weighted by atomic mass is 10.4. The molecule has 0 radical (unpaired) electrons. The normalized spacial score (nSPS) is 12.1. The van der Waals surface area contributed by atoms with Crippen molar-refractivity contribution in [3.63, 3.8) is 0 Å². The fraction of sp³-hybridized carbons (Fsp3) is 0.333. The first-order valence-corrected chi connectivity index (χ1v) is 6.15. The molecule has 0 aliphatic carbocycles. The third kappa shape index (κ3) is 4.31. The van der Waals surface area contributed by atoms with Crippen LogP contribution in [0.4, 0.5) is 13.2 Å². The van der Waals surface area contributed by atoms with E-state index in [1.54, 1.807) is 10.8 Å². The summed E-state index contributed by atoms with van der Waals surface area (Å²) in [6.07, 6.45) is -4.77. The number of pyridine rings is 1. The van der Waals surface area contributed by atoms with Gasteiger partial charge in [-0.25, -0.2) is 18.1 Å². The van der Waals surface area contributed by atoms with Crippen molar-refractivity contribution in [3.8, 4) is 6.07 Å². The van der Waals surface area contributed by atoms with Gasteiger partial charge in [-0.15, -0.1) is 0 Å². The molecule has 0 saturated heterocycles. The van der Waals surface area contributed by atoms with Gasteiger partial charge in [-0.05, 0) is 12.1 Å². The van der Waals surface area contributed by atoms with Gasteiger partial charge in [-0.3, -0.25) is 0 Å². The van der Waals surface area contributed by atoms with E-state index < -0.39 is 29.2 Å². The Bertz CT molecular complexity index is 546. The van der Waals surface area contributed by atoms with Crippen molar-refractivity contribution >= 4 is 10.0 Å². The summed E-state index contributed by atoms with van der Waals surface area (Å²) in [6.45, 7) is -0.744. The molecule has 0 amide bonds. The lowest BCUT2D eigenvalue weighted by molar-refractivity contribution is -0.132. The van der Waals surface area contributed by atoms with E-state index in [4.69, 9.17) is 5.26 Å². The molecule has 18 heavy (non-hydrogen) atoms. The fourth-order valence-electron chi connectivity index (χ4n) is 1.02. The number of hydrogen-bond donors (Lipinski definition) is 1. The monoisotopic (exact) mass is 279 g/mol. The molecule has 1 rings (SSSR count). The molecule has 0 saturated carbocycles. The van der Waals surface area contributed by atoms with Crippen LogP contribution in [0.3, 0.4) is 0 Å². The number of alkyl halides is 3. The molecule has 1 aromatic rings. The van der Waals surface area contributed by atoms with E-state index >= 15 is 0 Å². The summed E-state index contributed by atoms with van der Waals surface area (Å²) >= 11 is 0. The van der Waals surface area contributed by atoms with E-state index in [0.29, 0.717) is 0 Å². The molecule has 1 N–H and O–H groups in total. The van der Waals surface area contributed by atoms with Crippen molar-refractivity contribution < 1.29 is 21.6 Å². The quantitative estimate of drug-likeness (QED) is 0.897. The van der Waals surface area contributed by atoms with Crippen molar-refractivity contribution in [1.82, 2.24) is 9.71 Å². The molecule has 1 heterocycles. The number of aromatic nitrogens is 1. The Morgan fingerprint density at radius 3 is 2.50 bits per heavy atom. The average Bonchev–Trinajstić information content (AvgIpc) is 2.27. The number of halogens is 3. The van der Waals surface area contributed by atoms with Crippen LogP contribution in [0, 0.1) is 11.3 Å². The molecule has 0 atom stereocenters. The highest BCUT2D eigenvalue weighted by atomic mass is 32.2. The van der Waals surface area contributed by atoms with Crippen LogP contribution in [0.15, 0.2) is 23.2 Å². The maximum Gasteiger partial charge on any atom is 0.390 e. The number of nitriles is 1. The Hall–Kier alpha value is -1.66. The highest BCUT2D eigenvalue weighted by Gasteiger charge is 2.27. The van der Waals surface area contributed by atoms with Gasteiger partial charge in [0.25, 0.3) is 0 Å². The Morgan fingerprint density at radius 2 is 2.06 bits per heavy atom. The first-order valence-electron chi connectivity index (χ1n) is 4.67. The zero-order valence-electron chi connectivity index (χ0n) is 8.90. The standard InChI is InChI=1S/C9H8F3N3O2S/c10-9(11,12)3-4-15-18(16,17)8-2-1-7(5-13)14-6-8/h1-2,6,15H,3-4H2. The van der Waals surface area contributed by atoms with Gasteiger partial charge in [0.15, 0.2) is 0 Å². The number of sulfonamides is 1. The minimum atomic E-state index is -4.43. The van der Waals surface area contributed by atoms with Crippen LogP contribution >= 0.6 is 0 Å². The van der Waals surface area contributed by atoms with Gasteiger partial charge in [-0.2, -0.15) is 18.4 Å². The minimum Gasteiger partial charge on any atom is -0.244 e. The molecule has 9 heteroatoms. The topological polar surface area (TPSA) is 82.8 Å². The largest absolute Gasteiger partial charge is 0.390 e. The number of rotatable bonds is 4. The highest BCUT2D eigenvalue weighted by molar-refractivity contribution is 7.89.